The standard InChI is InChI=1S/C23H27N3O4S2/c1-15-6-5-7-16(2)26(15)32(29,30)18-12-10-17(11-13-18)24-22(27)14-21-23(28)25-19-8-3-4-9-20(19)31-21/h3-4,8-13,15-16,21H,5-7,14H2,1-2H3,(H,24,27)(H,25,28)/t15-,16-,21-/m1/s1. The molecule has 170 valence electrons. The molecule has 0 aromatic heterocycles. The van der Waals surface area contributed by atoms with Crippen LogP contribution in [-0.2, 0) is 19.6 Å². The monoisotopic (exact) mass is 473 g/mol. The number of nitrogens with one attached hydrogen (secondary N) is 2. The molecule has 2 aromatic carbocycles. The Morgan fingerprint density at radius 1 is 1.09 bits per heavy atom. The normalized spacial score (nSPS) is 23.8. The van der Waals surface area contributed by atoms with Crippen LogP contribution in [0.1, 0.15) is 39.5 Å². The van der Waals surface area contributed by atoms with Crippen LogP contribution in [0.2, 0.25) is 0 Å². The number of nitrogens with zero attached hydrogens (tertiary/aromatic N) is 1. The molecule has 0 radical (unpaired) electrons. The lowest BCUT2D eigenvalue weighted by atomic mass is 10.0. The Labute approximate surface area is 193 Å². The quantitative estimate of drug-likeness (QED) is 0.682. The lowest BCUT2D eigenvalue weighted by Crippen LogP contribution is -2.47. The van der Waals surface area contributed by atoms with Crippen molar-refractivity contribution in [2.75, 3.05) is 10.6 Å². The number of piperidine rings is 1. The van der Waals surface area contributed by atoms with E-state index in [1.54, 1.807) is 16.4 Å². The van der Waals surface area contributed by atoms with Crippen LogP contribution in [0.3, 0.4) is 0 Å². The van der Waals surface area contributed by atoms with Gasteiger partial charge >= 0.3 is 0 Å². The summed E-state index contributed by atoms with van der Waals surface area (Å²) in [7, 11) is -3.60. The van der Waals surface area contributed by atoms with Crippen molar-refractivity contribution in [2.24, 2.45) is 0 Å². The summed E-state index contributed by atoms with van der Waals surface area (Å²) in [6.07, 6.45) is 2.76. The maximum absolute atomic E-state index is 13.1. The molecule has 2 amide bonds. The molecule has 2 heterocycles. The number of hydrogen-bond donors (Lipinski definition) is 2. The number of para-hydroxylation sites is 1. The Balaban J connectivity index is 1.40. The minimum atomic E-state index is -3.60. The predicted molar refractivity (Wildman–Crippen MR) is 126 cm³/mol. The third-order valence-electron chi connectivity index (χ3n) is 5.90. The third kappa shape index (κ3) is 4.69. The van der Waals surface area contributed by atoms with Gasteiger partial charge in [0.2, 0.25) is 21.8 Å². The Morgan fingerprint density at radius 2 is 1.75 bits per heavy atom. The highest BCUT2D eigenvalue weighted by Gasteiger charge is 2.35. The van der Waals surface area contributed by atoms with Gasteiger partial charge in [-0.25, -0.2) is 8.42 Å². The molecule has 0 unspecified atom stereocenters. The summed E-state index contributed by atoms with van der Waals surface area (Å²) in [5.74, 6) is -0.499. The van der Waals surface area contributed by atoms with Crippen LogP contribution >= 0.6 is 11.8 Å². The summed E-state index contributed by atoms with van der Waals surface area (Å²) >= 11 is 1.37. The molecule has 9 heteroatoms. The molecule has 2 N–H and O–H groups in total. The van der Waals surface area contributed by atoms with E-state index in [0.29, 0.717) is 5.69 Å². The van der Waals surface area contributed by atoms with Gasteiger partial charge in [0.1, 0.15) is 0 Å². The zero-order valence-corrected chi connectivity index (χ0v) is 19.7. The molecule has 2 aliphatic rings. The summed E-state index contributed by atoms with van der Waals surface area (Å²) < 4.78 is 27.9. The maximum Gasteiger partial charge on any atom is 0.243 e. The first kappa shape index (κ1) is 22.8. The van der Waals surface area contributed by atoms with E-state index in [0.717, 1.165) is 29.8 Å². The highest BCUT2D eigenvalue weighted by Crippen LogP contribution is 2.36. The molecule has 4 rings (SSSR count). The van der Waals surface area contributed by atoms with Crippen LogP contribution in [0, 0.1) is 0 Å². The van der Waals surface area contributed by atoms with Crippen LogP contribution in [0.25, 0.3) is 0 Å². The number of carbonyl (C=O) groups excluding carboxylic acids is 2. The van der Waals surface area contributed by atoms with Crippen molar-refractivity contribution in [3.63, 3.8) is 0 Å². The summed E-state index contributed by atoms with van der Waals surface area (Å²) in [6.45, 7) is 3.89. The Hall–Kier alpha value is -2.36. The van der Waals surface area contributed by atoms with Gasteiger partial charge in [0.25, 0.3) is 0 Å². The second kappa shape index (κ2) is 9.25. The largest absolute Gasteiger partial charge is 0.326 e. The van der Waals surface area contributed by atoms with E-state index in [2.05, 4.69) is 10.6 Å². The Morgan fingerprint density at radius 3 is 2.44 bits per heavy atom. The molecule has 0 aliphatic carbocycles. The number of thioether (sulfide) groups is 1. The van der Waals surface area contributed by atoms with Crippen LogP contribution in [0.15, 0.2) is 58.3 Å². The average Bonchev–Trinajstić information content (AvgIpc) is 2.74. The van der Waals surface area contributed by atoms with Gasteiger partial charge in [-0.05, 0) is 63.1 Å². The lowest BCUT2D eigenvalue weighted by molar-refractivity contribution is -0.120. The van der Waals surface area contributed by atoms with Crippen molar-refractivity contribution in [1.82, 2.24) is 4.31 Å². The summed E-state index contributed by atoms with van der Waals surface area (Å²) in [5.41, 5.74) is 1.25. The van der Waals surface area contributed by atoms with Gasteiger partial charge < -0.3 is 10.6 Å². The summed E-state index contributed by atoms with van der Waals surface area (Å²) in [5, 5.41) is 5.08. The van der Waals surface area contributed by atoms with Crippen LogP contribution in [-0.4, -0.2) is 41.9 Å². The molecular formula is C23H27N3O4S2. The average molecular weight is 474 g/mol. The first-order chi connectivity index (χ1) is 15.3. The smallest absolute Gasteiger partial charge is 0.243 e. The van der Waals surface area contributed by atoms with Crippen molar-refractivity contribution >= 4 is 45.0 Å². The maximum atomic E-state index is 13.1. The minimum absolute atomic E-state index is 0.0215. The van der Waals surface area contributed by atoms with Gasteiger partial charge in [0.15, 0.2) is 0 Å². The highest BCUT2D eigenvalue weighted by molar-refractivity contribution is 8.01. The fourth-order valence-electron chi connectivity index (χ4n) is 4.31. The molecule has 32 heavy (non-hydrogen) atoms. The van der Waals surface area contributed by atoms with E-state index in [-0.39, 0.29) is 35.2 Å². The number of anilines is 2. The van der Waals surface area contributed by atoms with Gasteiger partial charge in [-0.3, -0.25) is 9.59 Å². The van der Waals surface area contributed by atoms with E-state index >= 15 is 0 Å². The van der Waals surface area contributed by atoms with Crippen molar-refractivity contribution in [1.29, 1.82) is 0 Å². The second-order valence-corrected chi connectivity index (χ2v) is 11.4. The summed E-state index contributed by atoms with van der Waals surface area (Å²) in [4.78, 5) is 26.0. The Bertz CT molecular complexity index is 1110. The van der Waals surface area contributed by atoms with Crippen LogP contribution in [0.4, 0.5) is 11.4 Å². The zero-order valence-electron chi connectivity index (χ0n) is 18.1. The van der Waals surface area contributed by atoms with Gasteiger partial charge in [0, 0.05) is 29.1 Å². The van der Waals surface area contributed by atoms with Gasteiger partial charge in [-0.15, -0.1) is 11.8 Å². The Kier molecular flexibility index (Phi) is 6.60. The summed E-state index contributed by atoms with van der Waals surface area (Å²) in [6, 6.07) is 13.6. The molecule has 0 spiro atoms. The first-order valence-corrected chi connectivity index (χ1v) is 13.1. The lowest BCUT2D eigenvalue weighted by Gasteiger charge is -2.37. The van der Waals surface area contributed by atoms with Crippen LogP contribution < -0.4 is 10.6 Å². The predicted octanol–water partition coefficient (Wildman–Crippen LogP) is 4.08. The van der Waals surface area contributed by atoms with Crippen molar-refractivity contribution in [2.45, 2.75) is 66.7 Å². The number of benzene rings is 2. The molecule has 7 nitrogen and oxygen atoms in total. The molecule has 0 saturated carbocycles. The molecule has 3 atom stereocenters. The molecule has 0 bridgehead atoms. The highest BCUT2D eigenvalue weighted by atomic mass is 32.2. The molecule has 2 aliphatic heterocycles. The van der Waals surface area contributed by atoms with Crippen LogP contribution in [0.5, 0.6) is 0 Å². The number of sulfonamides is 1. The number of amides is 2. The van der Waals surface area contributed by atoms with Crippen molar-refractivity contribution in [3.8, 4) is 0 Å². The SMILES string of the molecule is C[C@@H]1CCC[C@@H](C)N1S(=O)(=O)c1ccc(NC(=O)C[C@H]2Sc3ccccc3NC2=O)cc1. The zero-order chi connectivity index (χ0) is 22.9. The molecule has 1 fully saturated rings. The number of rotatable bonds is 5. The topological polar surface area (TPSA) is 95.6 Å². The van der Waals surface area contributed by atoms with E-state index in [4.69, 9.17) is 0 Å². The van der Waals surface area contributed by atoms with Gasteiger partial charge in [0.05, 0.1) is 15.8 Å². The molecule has 2 aromatic rings. The number of carbonyl (C=O) groups is 2. The minimum Gasteiger partial charge on any atom is -0.326 e. The molecule has 1 saturated heterocycles. The van der Waals surface area contributed by atoms with Crippen molar-refractivity contribution < 1.29 is 18.0 Å². The van der Waals surface area contributed by atoms with Crippen molar-refractivity contribution in [3.05, 3.63) is 48.5 Å². The second-order valence-electron chi connectivity index (χ2n) is 8.33. The molecular weight excluding hydrogens is 446 g/mol. The van der Waals surface area contributed by atoms with E-state index in [9.17, 15) is 18.0 Å². The number of hydrogen-bond acceptors (Lipinski definition) is 5. The van der Waals surface area contributed by atoms with E-state index < -0.39 is 15.3 Å². The van der Waals surface area contributed by atoms with Gasteiger partial charge in [-0.1, -0.05) is 18.6 Å². The third-order valence-corrected chi connectivity index (χ3v) is 9.32. The fraction of sp³-hybridized carbons (Fsp3) is 0.391. The fourth-order valence-corrected chi connectivity index (χ4v) is 7.30. The van der Waals surface area contributed by atoms with E-state index in [1.807, 2.05) is 38.1 Å². The first-order valence-electron chi connectivity index (χ1n) is 10.8. The van der Waals surface area contributed by atoms with Gasteiger partial charge in [-0.2, -0.15) is 4.31 Å². The number of fused-ring (bicyclic) bond motifs is 1. The van der Waals surface area contributed by atoms with E-state index in [1.165, 1.54) is 23.9 Å².